The highest BCUT2D eigenvalue weighted by Gasteiger charge is 2.34. The zero-order valence-electron chi connectivity index (χ0n) is 33.0. The fourth-order valence-corrected chi connectivity index (χ4v) is 5.94. The minimum absolute atomic E-state index is 0.0500. The van der Waals surface area contributed by atoms with Gasteiger partial charge in [-0.3, -0.25) is 19.2 Å². The number of nitrogens with one attached hydrogen (secondary N) is 4. The largest absolute Gasteiger partial charge is 0.497 e. The van der Waals surface area contributed by atoms with Crippen LogP contribution in [-0.4, -0.2) is 72.1 Å². The van der Waals surface area contributed by atoms with E-state index in [1.54, 1.807) is 59.1 Å². The summed E-state index contributed by atoms with van der Waals surface area (Å²) in [7, 11) is 1.56. The van der Waals surface area contributed by atoms with Crippen LogP contribution in [0.4, 0.5) is 0 Å². The van der Waals surface area contributed by atoms with Crippen molar-refractivity contribution in [2.45, 2.75) is 104 Å². The SMILES string of the molecule is CC[C@H](C)[C@H](NC(=O)C[C@H](O)[C@H](Cc1ccccc1)NC(=O)[C@@H](NC(=O)Cc1ccc(OC)cc1)C(C)C)C(=O)N[C@H](C(=O)OCc1ccccc1)C(C)C. The predicted octanol–water partition coefficient (Wildman–Crippen LogP) is 4.27. The van der Waals surface area contributed by atoms with Gasteiger partial charge in [0, 0.05) is 0 Å². The lowest BCUT2D eigenvalue weighted by atomic mass is 9.95. The molecule has 55 heavy (non-hydrogen) atoms. The monoisotopic (exact) mass is 758 g/mol. The van der Waals surface area contributed by atoms with Crippen molar-refractivity contribution in [3.8, 4) is 5.75 Å². The molecule has 0 bridgehead atoms. The van der Waals surface area contributed by atoms with Crippen molar-refractivity contribution in [2.75, 3.05) is 7.11 Å². The summed E-state index contributed by atoms with van der Waals surface area (Å²) < 4.78 is 10.7. The second-order valence-corrected chi connectivity index (χ2v) is 14.6. The highest BCUT2D eigenvalue weighted by molar-refractivity contribution is 5.91. The summed E-state index contributed by atoms with van der Waals surface area (Å²) in [5, 5.41) is 22.8. The number of carbonyl (C=O) groups is 5. The molecule has 0 aliphatic rings. The van der Waals surface area contributed by atoms with E-state index in [0.717, 1.165) is 16.7 Å². The molecular formula is C43H58N4O8. The highest BCUT2D eigenvalue weighted by atomic mass is 16.5. The molecule has 0 unspecified atom stereocenters. The van der Waals surface area contributed by atoms with Crippen molar-refractivity contribution in [1.82, 2.24) is 21.3 Å². The van der Waals surface area contributed by atoms with Crippen LogP contribution in [-0.2, 0) is 48.2 Å². The van der Waals surface area contributed by atoms with E-state index in [4.69, 9.17) is 9.47 Å². The number of methoxy groups -OCH3 is 1. The van der Waals surface area contributed by atoms with Crippen LogP contribution in [0.15, 0.2) is 84.9 Å². The molecule has 4 amide bonds. The third kappa shape index (κ3) is 14.5. The molecule has 0 saturated heterocycles. The molecule has 3 rings (SSSR count). The number of carbonyl (C=O) groups excluding carboxylic acids is 5. The smallest absolute Gasteiger partial charge is 0.329 e. The molecule has 12 nitrogen and oxygen atoms in total. The van der Waals surface area contributed by atoms with Crippen molar-refractivity contribution in [3.05, 3.63) is 102 Å². The molecular weight excluding hydrogens is 700 g/mol. The van der Waals surface area contributed by atoms with E-state index >= 15 is 0 Å². The van der Waals surface area contributed by atoms with Gasteiger partial charge < -0.3 is 35.8 Å². The van der Waals surface area contributed by atoms with Gasteiger partial charge in [0.05, 0.1) is 32.1 Å². The maximum atomic E-state index is 13.7. The average molecular weight is 759 g/mol. The Kier molecular flexibility index (Phi) is 17.8. The van der Waals surface area contributed by atoms with Crippen LogP contribution in [0.1, 0.15) is 71.1 Å². The van der Waals surface area contributed by atoms with E-state index in [1.807, 2.05) is 74.5 Å². The van der Waals surface area contributed by atoms with E-state index in [9.17, 15) is 29.1 Å². The quantitative estimate of drug-likeness (QED) is 0.100. The number of hydrogen-bond donors (Lipinski definition) is 5. The van der Waals surface area contributed by atoms with Crippen molar-refractivity contribution in [3.63, 3.8) is 0 Å². The molecule has 12 heteroatoms. The van der Waals surface area contributed by atoms with Gasteiger partial charge in [-0.05, 0) is 53.0 Å². The van der Waals surface area contributed by atoms with Crippen LogP contribution in [0.2, 0.25) is 0 Å². The number of hydrogen-bond acceptors (Lipinski definition) is 8. The maximum absolute atomic E-state index is 13.7. The van der Waals surface area contributed by atoms with Crippen LogP contribution < -0.4 is 26.0 Å². The Balaban J connectivity index is 1.71. The van der Waals surface area contributed by atoms with Gasteiger partial charge in [0.15, 0.2) is 0 Å². The lowest BCUT2D eigenvalue weighted by Crippen LogP contribution is -2.57. The molecule has 0 heterocycles. The van der Waals surface area contributed by atoms with Crippen LogP contribution in [0.3, 0.4) is 0 Å². The molecule has 298 valence electrons. The summed E-state index contributed by atoms with van der Waals surface area (Å²) in [5.41, 5.74) is 2.37. The van der Waals surface area contributed by atoms with E-state index < -0.39 is 60.4 Å². The van der Waals surface area contributed by atoms with Gasteiger partial charge in [-0.1, -0.05) is 121 Å². The minimum atomic E-state index is -1.36. The third-order valence-corrected chi connectivity index (χ3v) is 9.53. The number of ether oxygens (including phenoxy) is 2. The van der Waals surface area contributed by atoms with E-state index in [1.165, 1.54) is 0 Å². The Labute approximate surface area is 325 Å². The van der Waals surface area contributed by atoms with E-state index in [0.29, 0.717) is 12.2 Å². The predicted molar refractivity (Wildman–Crippen MR) is 211 cm³/mol. The topological polar surface area (TPSA) is 172 Å². The third-order valence-electron chi connectivity index (χ3n) is 9.53. The first-order valence-electron chi connectivity index (χ1n) is 19.0. The molecule has 5 N–H and O–H groups in total. The second kappa shape index (κ2) is 22.2. The van der Waals surface area contributed by atoms with Crippen molar-refractivity contribution >= 4 is 29.6 Å². The first-order valence-corrected chi connectivity index (χ1v) is 19.0. The molecule has 3 aromatic carbocycles. The maximum Gasteiger partial charge on any atom is 0.329 e. The Bertz CT molecular complexity index is 1670. The lowest BCUT2D eigenvalue weighted by Gasteiger charge is -2.30. The standard InChI is InChI=1S/C43H58N4O8/c1-8-29(6)40(42(52)47-39(28(4)5)43(53)55-26-32-17-13-10-14-18-32)46-37(50)25-35(48)34(23-30-15-11-9-12-16-30)44-41(51)38(27(2)3)45-36(49)24-31-19-21-33(54-7)22-20-31/h9-22,27-29,34-35,38-40,48H,8,23-26H2,1-7H3,(H,44,51)(H,45,49)(H,46,50)(H,47,52)/t29-,34-,35-,38-,39-,40-/m0/s1. The van der Waals surface area contributed by atoms with Crippen LogP contribution in [0.25, 0.3) is 0 Å². The number of aliphatic hydroxyl groups is 1. The fourth-order valence-electron chi connectivity index (χ4n) is 5.94. The van der Waals surface area contributed by atoms with Crippen molar-refractivity contribution < 1.29 is 38.6 Å². The summed E-state index contributed by atoms with van der Waals surface area (Å²) in [6.45, 7) is 10.9. The van der Waals surface area contributed by atoms with Crippen LogP contribution in [0, 0.1) is 17.8 Å². The zero-order valence-corrected chi connectivity index (χ0v) is 33.0. The highest BCUT2D eigenvalue weighted by Crippen LogP contribution is 2.16. The normalized spacial score (nSPS) is 14.4. The molecule has 0 fully saturated rings. The second-order valence-electron chi connectivity index (χ2n) is 14.6. The van der Waals surface area contributed by atoms with Gasteiger partial charge in [0.1, 0.15) is 30.5 Å². The average Bonchev–Trinajstić information content (AvgIpc) is 3.17. The Hall–Kier alpha value is -5.23. The van der Waals surface area contributed by atoms with E-state index in [2.05, 4.69) is 21.3 Å². The number of aliphatic hydroxyl groups excluding tert-OH is 1. The molecule has 0 aliphatic carbocycles. The summed E-state index contributed by atoms with van der Waals surface area (Å²) in [6.07, 6.45) is -1.000. The molecule has 0 aromatic heterocycles. The van der Waals surface area contributed by atoms with Crippen molar-refractivity contribution in [2.24, 2.45) is 17.8 Å². The van der Waals surface area contributed by atoms with E-state index in [-0.39, 0.29) is 43.1 Å². The summed E-state index contributed by atoms with van der Waals surface area (Å²) in [5.74, 6) is -2.85. The van der Waals surface area contributed by atoms with Gasteiger partial charge in [-0.2, -0.15) is 0 Å². The lowest BCUT2D eigenvalue weighted by molar-refractivity contribution is -0.150. The van der Waals surface area contributed by atoms with Gasteiger partial charge >= 0.3 is 5.97 Å². The number of rotatable bonds is 21. The summed E-state index contributed by atoms with van der Waals surface area (Å²) >= 11 is 0. The number of amides is 4. The first-order chi connectivity index (χ1) is 26.2. The van der Waals surface area contributed by atoms with Gasteiger partial charge in [-0.15, -0.1) is 0 Å². The van der Waals surface area contributed by atoms with Crippen LogP contribution >= 0.6 is 0 Å². The Morgan fingerprint density at radius 1 is 0.636 bits per heavy atom. The molecule has 6 atom stereocenters. The summed E-state index contributed by atoms with van der Waals surface area (Å²) in [6, 6.07) is 21.7. The van der Waals surface area contributed by atoms with Gasteiger partial charge in [0.2, 0.25) is 23.6 Å². The molecule has 0 radical (unpaired) electrons. The number of esters is 1. The minimum Gasteiger partial charge on any atom is -0.497 e. The first kappa shape index (κ1) is 44.2. The molecule has 0 aliphatic heterocycles. The van der Waals surface area contributed by atoms with Gasteiger partial charge in [-0.25, -0.2) is 4.79 Å². The summed E-state index contributed by atoms with van der Waals surface area (Å²) in [4.78, 5) is 67.0. The van der Waals surface area contributed by atoms with Crippen molar-refractivity contribution in [1.29, 1.82) is 0 Å². The molecule has 3 aromatic rings. The molecule has 0 saturated carbocycles. The Morgan fingerprint density at radius 2 is 1.18 bits per heavy atom. The van der Waals surface area contributed by atoms with Gasteiger partial charge in [0.25, 0.3) is 0 Å². The zero-order chi connectivity index (χ0) is 40.5. The fraction of sp³-hybridized carbons (Fsp3) is 0.465. The number of benzene rings is 3. The van der Waals surface area contributed by atoms with Crippen LogP contribution in [0.5, 0.6) is 5.75 Å². The molecule has 0 spiro atoms. The Morgan fingerprint density at radius 3 is 1.73 bits per heavy atom.